The van der Waals surface area contributed by atoms with E-state index in [2.05, 4.69) is 9.97 Å². The molecule has 0 unspecified atom stereocenters. The van der Waals surface area contributed by atoms with Crippen molar-refractivity contribution in [1.29, 1.82) is 0 Å². The van der Waals surface area contributed by atoms with E-state index in [0.29, 0.717) is 12.4 Å². The summed E-state index contributed by atoms with van der Waals surface area (Å²) < 4.78 is 22.9. The van der Waals surface area contributed by atoms with Crippen molar-refractivity contribution in [3.05, 3.63) is 53.1 Å². The fourth-order valence-corrected chi connectivity index (χ4v) is 3.84. The molecule has 0 radical (unpaired) electrons. The number of nitrogens with zero attached hydrogens (tertiary/aromatic N) is 4. The Morgan fingerprint density at radius 3 is 2.70 bits per heavy atom. The summed E-state index contributed by atoms with van der Waals surface area (Å²) in [5.41, 5.74) is 3.20. The average Bonchev–Trinajstić information content (AvgIpc) is 2.84. The highest BCUT2D eigenvalue weighted by molar-refractivity contribution is 6.09. The zero-order valence-corrected chi connectivity index (χ0v) is 15.2. The summed E-state index contributed by atoms with van der Waals surface area (Å²) in [6.07, 6.45) is 3.21. The van der Waals surface area contributed by atoms with Crippen LogP contribution in [0.2, 0.25) is 0 Å². The summed E-state index contributed by atoms with van der Waals surface area (Å²) in [5, 5.41) is 0.789. The Kier molecular flexibility index (Phi) is 3.05. The molecule has 0 fully saturated rings. The number of benzene rings is 1. The van der Waals surface area contributed by atoms with Gasteiger partial charge in [0.25, 0.3) is 0 Å². The lowest BCUT2D eigenvalue weighted by atomic mass is 10.0. The van der Waals surface area contributed by atoms with Crippen LogP contribution in [0.1, 0.15) is 13.8 Å². The van der Waals surface area contributed by atoms with Crippen LogP contribution in [0.5, 0.6) is 5.75 Å². The second-order valence-corrected chi connectivity index (χ2v) is 7.48. The van der Waals surface area contributed by atoms with Crippen LogP contribution in [-0.4, -0.2) is 25.7 Å². The first-order valence-corrected chi connectivity index (χ1v) is 8.67. The van der Waals surface area contributed by atoms with Gasteiger partial charge in [0, 0.05) is 24.4 Å². The summed E-state index contributed by atoms with van der Waals surface area (Å²) in [6, 6.07) is 6.78. The molecule has 0 bridgehead atoms. The van der Waals surface area contributed by atoms with E-state index in [1.807, 2.05) is 26.0 Å². The maximum absolute atomic E-state index is 13.3. The van der Waals surface area contributed by atoms with Gasteiger partial charge < -0.3 is 4.74 Å². The Morgan fingerprint density at radius 1 is 1.15 bits per heavy atom. The number of hydrogen-bond acceptors (Lipinski definition) is 4. The fraction of sp³-hybridized carbons (Fsp3) is 0.250. The highest BCUT2D eigenvalue weighted by atomic mass is 19.1. The minimum absolute atomic E-state index is 0.102. The molecule has 0 saturated carbocycles. The molecule has 0 saturated heterocycles. The molecule has 136 valence electrons. The molecular weight excluding hydrogens is 347 g/mol. The number of hydrogen-bond donors (Lipinski definition) is 0. The third-order valence-corrected chi connectivity index (χ3v) is 5.22. The van der Waals surface area contributed by atoms with Crippen LogP contribution >= 0.6 is 0 Å². The number of aryl methyl sites for hydroxylation is 1. The van der Waals surface area contributed by atoms with Crippen LogP contribution in [0.4, 0.5) is 4.39 Å². The first-order valence-electron chi connectivity index (χ1n) is 8.67. The number of rotatable bonds is 1. The molecule has 3 aromatic heterocycles. The summed E-state index contributed by atoms with van der Waals surface area (Å²) >= 11 is 0. The number of imidazole rings is 1. The summed E-state index contributed by atoms with van der Waals surface area (Å²) in [4.78, 5) is 21.2. The third kappa shape index (κ3) is 2.08. The van der Waals surface area contributed by atoms with Gasteiger partial charge in [-0.2, -0.15) is 4.39 Å². The molecule has 6 nitrogen and oxygen atoms in total. The van der Waals surface area contributed by atoms with E-state index in [4.69, 9.17) is 4.74 Å². The van der Waals surface area contributed by atoms with E-state index in [-0.39, 0.29) is 5.69 Å². The Labute approximate surface area is 153 Å². The van der Waals surface area contributed by atoms with E-state index in [1.165, 1.54) is 12.3 Å². The standard InChI is InChI=1S/C20H17FN4O2/c1-20(2)10-27-18-12(11-4-7-15(21)23-8-11)5-6-13-16(18)17-14(9-22-13)24(3)19(26)25(17)20/h4-9H,10H2,1-3H3. The molecule has 4 heterocycles. The van der Waals surface area contributed by atoms with Gasteiger partial charge in [0.1, 0.15) is 12.4 Å². The van der Waals surface area contributed by atoms with E-state index in [9.17, 15) is 9.18 Å². The van der Waals surface area contributed by atoms with Gasteiger partial charge in [0.2, 0.25) is 5.95 Å². The first kappa shape index (κ1) is 16.0. The molecule has 0 atom stereocenters. The Morgan fingerprint density at radius 2 is 1.96 bits per heavy atom. The maximum atomic E-state index is 13.3. The molecule has 1 aliphatic rings. The molecule has 5 rings (SSSR count). The molecule has 1 aromatic carbocycles. The van der Waals surface area contributed by atoms with Crippen LogP contribution in [0.3, 0.4) is 0 Å². The van der Waals surface area contributed by atoms with Crippen molar-refractivity contribution < 1.29 is 9.13 Å². The highest BCUT2D eigenvalue weighted by Crippen LogP contribution is 2.42. The van der Waals surface area contributed by atoms with Gasteiger partial charge in [-0.15, -0.1) is 0 Å². The predicted octanol–water partition coefficient (Wildman–Crippen LogP) is 3.22. The van der Waals surface area contributed by atoms with Crippen LogP contribution in [-0.2, 0) is 12.6 Å². The van der Waals surface area contributed by atoms with Crippen LogP contribution in [0.15, 0.2) is 41.5 Å². The highest BCUT2D eigenvalue weighted by Gasteiger charge is 2.33. The zero-order valence-electron chi connectivity index (χ0n) is 15.2. The van der Waals surface area contributed by atoms with Gasteiger partial charge in [-0.05, 0) is 38.1 Å². The van der Waals surface area contributed by atoms with Crippen molar-refractivity contribution >= 4 is 21.9 Å². The van der Waals surface area contributed by atoms with E-state index in [1.54, 1.807) is 28.4 Å². The molecule has 0 aliphatic carbocycles. The summed E-state index contributed by atoms with van der Waals surface area (Å²) in [5.74, 6) is 0.109. The minimum Gasteiger partial charge on any atom is -0.490 e. The average molecular weight is 364 g/mol. The topological polar surface area (TPSA) is 61.9 Å². The lowest BCUT2D eigenvalue weighted by molar-refractivity contribution is 0.190. The Hall–Kier alpha value is -3.22. The molecule has 4 aromatic rings. The Bertz CT molecular complexity index is 1290. The molecule has 27 heavy (non-hydrogen) atoms. The normalized spacial score (nSPS) is 15.3. The lowest BCUT2D eigenvalue weighted by Gasteiger charge is -2.24. The van der Waals surface area contributed by atoms with Gasteiger partial charge in [-0.1, -0.05) is 0 Å². The van der Waals surface area contributed by atoms with Gasteiger partial charge >= 0.3 is 5.69 Å². The van der Waals surface area contributed by atoms with Crippen molar-refractivity contribution in [3.63, 3.8) is 0 Å². The fourth-order valence-electron chi connectivity index (χ4n) is 3.84. The lowest BCUT2D eigenvalue weighted by Crippen LogP contribution is -2.40. The van der Waals surface area contributed by atoms with Crippen molar-refractivity contribution in [1.82, 2.24) is 19.1 Å². The number of ether oxygens (including phenoxy) is 1. The third-order valence-electron chi connectivity index (χ3n) is 5.22. The Balaban J connectivity index is 1.98. The van der Waals surface area contributed by atoms with E-state index >= 15 is 0 Å². The number of halogens is 1. The second-order valence-electron chi connectivity index (χ2n) is 7.48. The van der Waals surface area contributed by atoms with Crippen molar-refractivity contribution in [2.24, 2.45) is 7.05 Å². The smallest absolute Gasteiger partial charge is 0.329 e. The SMILES string of the molecule is Cn1c(=O)n2c3c4c(c(-c5ccc(F)nc5)ccc4ncc31)OCC2(C)C. The van der Waals surface area contributed by atoms with Crippen LogP contribution < -0.4 is 10.4 Å². The van der Waals surface area contributed by atoms with E-state index in [0.717, 1.165) is 33.1 Å². The van der Waals surface area contributed by atoms with Gasteiger partial charge in [0.05, 0.1) is 33.7 Å². The second kappa shape index (κ2) is 5.16. The van der Waals surface area contributed by atoms with Crippen LogP contribution in [0, 0.1) is 5.95 Å². The van der Waals surface area contributed by atoms with Crippen molar-refractivity contribution in [2.75, 3.05) is 6.61 Å². The summed E-state index contributed by atoms with van der Waals surface area (Å²) in [7, 11) is 1.75. The van der Waals surface area contributed by atoms with Gasteiger partial charge in [-0.3, -0.25) is 14.1 Å². The number of aromatic nitrogens is 4. The minimum atomic E-state index is -0.539. The zero-order chi connectivity index (χ0) is 18.9. The summed E-state index contributed by atoms with van der Waals surface area (Å²) in [6.45, 7) is 4.28. The molecule has 7 heteroatoms. The molecule has 0 spiro atoms. The molecule has 0 N–H and O–H groups in total. The molecular formula is C20H17FN4O2. The largest absolute Gasteiger partial charge is 0.490 e. The maximum Gasteiger partial charge on any atom is 0.329 e. The van der Waals surface area contributed by atoms with Gasteiger partial charge in [0.15, 0.2) is 0 Å². The quantitative estimate of drug-likeness (QED) is 0.487. The van der Waals surface area contributed by atoms with Crippen molar-refractivity contribution in [3.8, 4) is 16.9 Å². The van der Waals surface area contributed by atoms with Crippen LogP contribution in [0.25, 0.3) is 33.1 Å². The molecule has 0 amide bonds. The van der Waals surface area contributed by atoms with E-state index < -0.39 is 11.5 Å². The molecule has 1 aliphatic heterocycles. The number of pyridine rings is 2. The first-order chi connectivity index (χ1) is 12.9. The predicted molar refractivity (Wildman–Crippen MR) is 100 cm³/mol. The monoisotopic (exact) mass is 364 g/mol. The van der Waals surface area contributed by atoms with Crippen molar-refractivity contribution in [2.45, 2.75) is 19.4 Å². The van der Waals surface area contributed by atoms with Gasteiger partial charge in [-0.25, -0.2) is 9.78 Å².